The summed E-state index contributed by atoms with van der Waals surface area (Å²) in [4.78, 5) is 13.4. The summed E-state index contributed by atoms with van der Waals surface area (Å²) < 4.78 is 9.29. The van der Waals surface area contributed by atoms with Crippen LogP contribution in [-0.2, 0) is 17.6 Å². The topological polar surface area (TPSA) is 74.5 Å². The summed E-state index contributed by atoms with van der Waals surface area (Å²) in [7, 11) is 1.59. The number of carbonyl (C=O) groups excluding carboxylic acids is 1. The number of hydrogen-bond donors (Lipinski definition) is 2. The van der Waals surface area contributed by atoms with Gasteiger partial charge in [-0.15, -0.1) is 0 Å². The summed E-state index contributed by atoms with van der Waals surface area (Å²) in [6.45, 7) is 0. The Hall–Kier alpha value is -3.38. The lowest BCUT2D eigenvalue weighted by Crippen LogP contribution is -2.32. The van der Waals surface area contributed by atoms with Crippen molar-refractivity contribution in [2.24, 2.45) is 4.40 Å². The number of ketones is 1. The monoisotopic (exact) mass is 404 g/mol. The zero-order valence-corrected chi connectivity index (χ0v) is 16.9. The molecule has 3 rings (SSSR count). The maximum atomic E-state index is 13.4. The molecule has 0 amide bonds. The fourth-order valence-electron chi connectivity index (χ4n) is 2.95. The highest BCUT2D eigenvalue weighted by Crippen LogP contribution is 2.24. The van der Waals surface area contributed by atoms with Crippen molar-refractivity contribution >= 4 is 35.7 Å². The van der Waals surface area contributed by atoms with Gasteiger partial charge in [-0.25, -0.2) is 0 Å². The van der Waals surface area contributed by atoms with Gasteiger partial charge in [0, 0.05) is 17.3 Å². The number of carbonyl (C=O) groups is 1. The first-order valence-electron chi connectivity index (χ1n) is 9.02. The van der Waals surface area contributed by atoms with E-state index in [0.29, 0.717) is 11.3 Å². The lowest BCUT2D eigenvalue weighted by molar-refractivity contribution is -0.113. The molecule has 0 aromatic heterocycles. The molecule has 0 radical (unpaired) electrons. The first-order valence-corrected chi connectivity index (χ1v) is 9.47. The third-order valence-electron chi connectivity index (χ3n) is 4.42. The zero-order valence-electron chi connectivity index (χ0n) is 15.9. The van der Waals surface area contributed by atoms with Crippen LogP contribution in [0.5, 0.6) is 5.75 Å². The molecular formula is C23H22N3O2S+. The van der Waals surface area contributed by atoms with Gasteiger partial charge in [0.05, 0.1) is 19.9 Å². The summed E-state index contributed by atoms with van der Waals surface area (Å²) in [5.74, 6) is 0.288. The third-order valence-corrected chi connectivity index (χ3v) is 4.64. The van der Waals surface area contributed by atoms with Crippen LogP contribution in [0, 0.1) is 5.41 Å². The van der Waals surface area contributed by atoms with Crippen molar-refractivity contribution in [3.8, 4) is 5.75 Å². The van der Waals surface area contributed by atoms with Gasteiger partial charge in [0.15, 0.2) is 0 Å². The molecule has 29 heavy (non-hydrogen) atoms. The molecule has 6 heteroatoms. The first-order chi connectivity index (χ1) is 14.1. The molecule has 1 unspecified atom stereocenters. The van der Waals surface area contributed by atoms with Crippen LogP contribution in [0.4, 0.5) is 5.69 Å². The molecule has 5 nitrogen and oxygen atoms in total. The molecule has 3 aromatic rings. The molecule has 0 aliphatic carbocycles. The van der Waals surface area contributed by atoms with Gasteiger partial charge in [0.2, 0.25) is 5.78 Å². The fraction of sp³-hybridized carbons (Fsp3) is 0.0870. The predicted octanol–water partition coefficient (Wildman–Crippen LogP) is 3.85. The number of anilines is 1. The van der Waals surface area contributed by atoms with Crippen molar-refractivity contribution in [1.82, 2.24) is 0 Å². The SMILES string of the molecule is COc1cccc(NC(C(=O)C(=N)/C(=N\[SH2+])c2ccccc2)c2ccccc2)c1. The molecule has 0 aliphatic heterocycles. The number of methoxy groups -OCH3 is 1. The van der Waals surface area contributed by atoms with Gasteiger partial charge in [-0.1, -0.05) is 71.1 Å². The second kappa shape index (κ2) is 9.71. The normalized spacial score (nSPS) is 12.1. The molecule has 146 valence electrons. The maximum absolute atomic E-state index is 13.4. The minimum absolute atomic E-state index is 0.185. The molecule has 0 heterocycles. The average Bonchev–Trinajstić information content (AvgIpc) is 2.79. The van der Waals surface area contributed by atoms with Gasteiger partial charge in [-0.2, -0.15) is 0 Å². The summed E-state index contributed by atoms with van der Waals surface area (Å²) >= 11 is 3.13. The Balaban J connectivity index is 1.95. The Morgan fingerprint density at radius 3 is 2.28 bits per heavy atom. The second-order valence-corrected chi connectivity index (χ2v) is 6.51. The number of nitrogens with zero attached hydrogens (tertiary/aromatic N) is 1. The van der Waals surface area contributed by atoms with E-state index in [1.807, 2.05) is 84.9 Å². The van der Waals surface area contributed by atoms with Gasteiger partial charge < -0.3 is 10.1 Å². The van der Waals surface area contributed by atoms with Gasteiger partial charge in [-0.3, -0.25) is 10.2 Å². The Kier molecular flexibility index (Phi) is 6.81. The standard InChI is InChI=1S/C23H21N3O2S/c1-28-19-14-8-13-18(15-19)25-22(17-11-6-3-7-12-17)23(27)20(24)21(26-29)16-9-4-2-5-10-16/h2-15,22,24-25,29H,1H3/p+1/b24-20?,26-21-. The number of hydrogen-bond acceptors (Lipinski definition) is 5. The van der Waals surface area contributed by atoms with Crippen molar-refractivity contribution in [2.75, 3.05) is 12.4 Å². The molecule has 0 saturated heterocycles. The van der Waals surface area contributed by atoms with Crippen LogP contribution in [0.1, 0.15) is 17.2 Å². The zero-order chi connectivity index (χ0) is 20.6. The Labute approximate surface area is 175 Å². The number of ether oxygens (including phenoxy) is 1. The number of rotatable bonds is 8. The molecule has 1 atom stereocenters. The Bertz CT molecular complexity index is 1020. The Morgan fingerprint density at radius 2 is 1.66 bits per heavy atom. The number of nitrogens with one attached hydrogen (secondary N) is 2. The van der Waals surface area contributed by atoms with Crippen LogP contribution >= 0.6 is 0 Å². The van der Waals surface area contributed by atoms with E-state index in [0.717, 1.165) is 11.3 Å². The largest absolute Gasteiger partial charge is 0.497 e. The fourth-order valence-corrected chi connectivity index (χ4v) is 3.19. The van der Waals surface area contributed by atoms with E-state index >= 15 is 0 Å². The van der Waals surface area contributed by atoms with Crippen LogP contribution in [0.3, 0.4) is 0 Å². The van der Waals surface area contributed by atoms with Crippen molar-refractivity contribution < 1.29 is 9.53 Å². The summed E-state index contributed by atoms with van der Waals surface area (Å²) in [5.41, 5.74) is 2.26. The highest BCUT2D eigenvalue weighted by atomic mass is 32.1. The molecule has 2 N–H and O–H groups in total. The highest BCUT2D eigenvalue weighted by molar-refractivity contribution is 7.57. The molecule has 0 aliphatic rings. The molecule has 0 saturated carbocycles. The smallest absolute Gasteiger partial charge is 0.209 e. The van der Waals surface area contributed by atoms with Crippen molar-refractivity contribution in [3.63, 3.8) is 0 Å². The van der Waals surface area contributed by atoms with Crippen LogP contribution in [0.2, 0.25) is 0 Å². The van der Waals surface area contributed by atoms with Crippen LogP contribution in [0.25, 0.3) is 0 Å². The van der Waals surface area contributed by atoms with E-state index in [-0.39, 0.29) is 17.2 Å². The van der Waals surface area contributed by atoms with Crippen LogP contribution < -0.4 is 10.1 Å². The van der Waals surface area contributed by atoms with E-state index < -0.39 is 6.04 Å². The Morgan fingerprint density at radius 1 is 1.00 bits per heavy atom. The minimum atomic E-state index is -0.747. The van der Waals surface area contributed by atoms with E-state index in [9.17, 15) is 4.79 Å². The summed E-state index contributed by atoms with van der Waals surface area (Å²) in [5, 5.41) is 11.8. The third kappa shape index (κ3) is 4.92. The molecule has 0 fully saturated rings. The van der Waals surface area contributed by atoms with E-state index in [1.165, 1.54) is 0 Å². The van der Waals surface area contributed by atoms with Crippen LogP contribution in [-0.4, -0.2) is 24.3 Å². The molecular weight excluding hydrogens is 382 g/mol. The van der Waals surface area contributed by atoms with E-state index in [4.69, 9.17) is 10.1 Å². The minimum Gasteiger partial charge on any atom is -0.497 e. The average molecular weight is 405 g/mol. The highest BCUT2D eigenvalue weighted by Gasteiger charge is 2.28. The van der Waals surface area contributed by atoms with Gasteiger partial charge in [0.25, 0.3) is 0 Å². The first kappa shape index (κ1) is 20.4. The van der Waals surface area contributed by atoms with Crippen LogP contribution in [0.15, 0.2) is 89.3 Å². The van der Waals surface area contributed by atoms with Crippen molar-refractivity contribution in [3.05, 3.63) is 96.1 Å². The number of Topliss-reactive ketones (excluding diaryl/α,β-unsaturated/α-hetero) is 1. The van der Waals surface area contributed by atoms with Gasteiger partial charge in [0.1, 0.15) is 23.2 Å². The van der Waals surface area contributed by atoms with Crippen molar-refractivity contribution in [1.29, 1.82) is 5.41 Å². The number of benzene rings is 3. The quantitative estimate of drug-likeness (QED) is 0.442. The summed E-state index contributed by atoms with van der Waals surface area (Å²) in [6, 6.07) is 25.1. The second-order valence-electron chi connectivity index (χ2n) is 6.29. The predicted molar refractivity (Wildman–Crippen MR) is 122 cm³/mol. The summed E-state index contributed by atoms with van der Waals surface area (Å²) in [6.07, 6.45) is 0. The van der Waals surface area contributed by atoms with Crippen molar-refractivity contribution in [2.45, 2.75) is 6.04 Å². The lowest BCUT2D eigenvalue weighted by Gasteiger charge is -2.20. The van der Waals surface area contributed by atoms with E-state index in [2.05, 4.69) is 22.5 Å². The van der Waals surface area contributed by atoms with E-state index in [1.54, 1.807) is 7.11 Å². The molecule has 3 aromatic carbocycles. The molecule has 0 bridgehead atoms. The maximum Gasteiger partial charge on any atom is 0.209 e. The van der Waals surface area contributed by atoms with Gasteiger partial charge in [-0.05, 0) is 17.7 Å². The molecule has 0 spiro atoms. The lowest BCUT2D eigenvalue weighted by atomic mass is 9.94. The van der Waals surface area contributed by atoms with Gasteiger partial charge >= 0.3 is 0 Å².